The van der Waals surface area contributed by atoms with Crippen molar-refractivity contribution in [2.75, 3.05) is 18.4 Å². The van der Waals surface area contributed by atoms with Crippen LogP contribution >= 0.6 is 23.2 Å². The Hall–Kier alpha value is -3.54. The van der Waals surface area contributed by atoms with E-state index in [2.05, 4.69) is 36.8 Å². The number of aromatic nitrogens is 7. The molecular weight excluding hydrogens is 511 g/mol. The molecule has 0 saturated heterocycles. The van der Waals surface area contributed by atoms with Crippen molar-refractivity contribution in [3.05, 3.63) is 64.6 Å². The molecule has 5 heterocycles. The number of hydrogen-bond donors (Lipinski definition) is 3. The Balaban J connectivity index is 1.40. The average molecular weight is 530 g/mol. The number of anilines is 1. The van der Waals surface area contributed by atoms with Crippen molar-refractivity contribution in [3.63, 3.8) is 0 Å². The quantitative estimate of drug-likeness (QED) is 0.281. The van der Waals surface area contributed by atoms with Gasteiger partial charge in [-0.1, -0.05) is 29.3 Å². The summed E-state index contributed by atoms with van der Waals surface area (Å²) in [6.45, 7) is -0.792. The number of rotatable bonds is 6. The molecule has 1 aromatic carbocycles. The standard InChI is InChI=1S/C23H19Cl2F2N9/c24-14-5-16-17(6-15(14)25)33-20(32-16)9-29-21-22-30-8-19(13-7-31-36(10-13)23(26)27)35(22)11-18(34-21)12-1-3-28-4-2-12/h1,5-8,10-11,23,28H,2-4,9H2,(H,29,34)(H,32,33). The average Bonchev–Trinajstić information content (AvgIpc) is 3.61. The fourth-order valence-electron chi connectivity index (χ4n) is 4.22. The number of aromatic amines is 1. The van der Waals surface area contributed by atoms with Crippen LogP contribution in [0.5, 0.6) is 0 Å². The molecule has 36 heavy (non-hydrogen) atoms. The first-order chi connectivity index (χ1) is 17.5. The van der Waals surface area contributed by atoms with Gasteiger partial charge in [0.1, 0.15) is 5.82 Å². The van der Waals surface area contributed by atoms with Crippen LogP contribution < -0.4 is 10.6 Å². The van der Waals surface area contributed by atoms with Crippen molar-refractivity contribution >= 4 is 51.3 Å². The number of halogens is 4. The third-order valence-corrected chi connectivity index (χ3v) is 6.70. The number of nitrogens with zero attached hydrogens (tertiary/aromatic N) is 6. The van der Waals surface area contributed by atoms with Gasteiger partial charge in [-0.25, -0.2) is 19.6 Å². The van der Waals surface area contributed by atoms with Crippen molar-refractivity contribution in [1.82, 2.24) is 39.4 Å². The maximum atomic E-state index is 13.1. The van der Waals surface area contributed by atoms with Gasteiger partial charge in [0.15, 0.2) is 11.5 Å². The highest BCUT2D eigenvalue weighted by Crippen LogP contribution is 2.29. The van der Waals surface area contributed by atoms with Crippen molar-refractivity contribution in [3.8, 4) is 11.3 Å². The lowest BCUT2D eigenvalue weighted by atomic mass is 10.1. The zero-order valence-electron chi connectivity index (χ0n) is 18.6. The molecule has 1 aliphatic rings. The fourth-order valence-corrected chi connectivity index (χ4v) is 4.54. The van der Waals surface area contributed by atoms with E-state index in [0.29, 0.717) is 55.3 Å². The summed E-state index contributed by atoms with van der Waals surface area (Å²) >= 11 is 12.2. The van der Waals surface area contributed by atoms with Gasteiger partial charge in [-0.05, 0) is 30.7 Å². The lowest BCUT2D eigenvalue weighted by Gasteiger charge is -2.16. The smallest absolute Gasteiger partial charge is 0.333 e. The summed E-state index contributed by atoms with van der Waals surface area (Å²) in [5.74, 6) is 1.20. The van der Waals surface area contributed by atoms with E-state index in [1.54, 1.807) is 18.3 Å². The summed E-state index contributed by atoms with van der Waals surface area (Å²) in [7, 11) is 0. The minimum absolute atomic E-state index is 0.335. The molecule has 0 spiro atoms. The molecular formula is C23H19Cl2F2N9. The summed E-state index contributed by atoms with van der Waals surface area (Å²) in [5.41, 5.74) is 5.04. The van der Waals surface area contributed by atoms with Gasteiger partial charge in [0.05, 0.1) is 51.4 Å². The van der Waals surface area contributed by atoms with E-state index < -0.39 is 6.55 Å². The summed E-state index contributed by atoms with van der Waals surface area (Å²) in [6.07, 6.45) is 9.12. The molecule has 0 saturated carbocycles. The Morgan fingerprint density at radius 2 is 1.97 bits per heavy atom. The number of alkyl halides is 2. The molecule has 0 amide bonds. The van der Waals surface area contributed by atoms with Crippen LogP contribution in [0.15, 0.2) is 43.0 Å². The molecule has 3 N–H and O–H groups in total. The van der Waals surface area contributed by atoms with Crippen molar-refractivity contribution in [2.24, 2.45) is 0 Å². The van der Waals surface area contributed by atoms with Gasteiger partial charge in [0.2, 0.25) is 0 Å². The summed E-state index contributed by atoms with van der Waals surface area (Å²) in [4.78, 5) is 17.2. The van der Waals surface area contributed by atoms with Crippen molar-refractivity contribution in [1.29, 1.82) is 0 Å². The van der Waals surface area contributed by atoms with Gasteiger partial charge < -0.3 is 15.6 Å². The predicted molar refractivity (Wildman–Crippen MR) is 134 cm³/mol. The topological polar surface area (TPSA) is 101 Å². The van der Waals surface area contributed by atoms with E-state index >= 15 is 0 Å². The Morgan fingerprint density at radius 1 is 1.11 bits per heavy atom. The molecule has 1 aliphatic heterocycles. The van der Waals surface area contributed by atoms with E-state index in [1.165, 1.54) is 12.4 Å². The maximum Gasteiger partial charge on any atom is 0.333 e. The molecule has 9 nitrogen and oxygen atoms in total. The molecule has 4 aromatic heterocycles. The second-order valence-corrected chi connectivity index (χ2v) is 9.12. The van der Waals surface area contributed by atoms with Gasteiger partial charge in [-0.15, -0.1) is 0 Å². The largest absolute Gasteiger partial charge is 0.360 e. The van der Waals surface area contributed by atoms with E-state index in [-0.39, 0.29) is 0 Å². The monoisotopic (exact) mass is 529 g/mol. The zero-order chi connectivity index (χ0) is 24.8. The molecule has 0 atom stereocenters. The molecule has 0 aliphatic carbocycles. The minimum Gasteiger partial charge on any atom is -0.360 e. The number of hydrogen-bond acceptors (Lipinski definition) is 6. The van der Waals surface area contributed by atoms with Crippen LogP contribution in [-0.2, 0) is 6.54 Å². The highest BCUT2D eigenvalue weighted by molar-refractivity contribution is 6.42. The van der Waals surface area contributed by atoms with E-state index in [0.717, 1.165) is 36.3 Å². The maximum absolute atomic E-state index is 13.1. The second-order valence-electron chi connectivity index (χ2n) is 8.30. The van der Waals surface area contributed by atoms with Crippen LogP contribution in [0.4, 0.5) is 14.6 Å². The van der Waals surface area contributed by atoms with Gasteiger partial charge in [0.25, 0.3) is 0 Å². The van der Waals surface area contributed by atoms with Gasteiger partial charge in [-0.2, -0.15) is 13.9 Å². The Bertz CT molecular complexity index is 1580. The van der Waals surface area contributed by atoms with E-state index in [4.69, 9.17) is 28.2 Å². The lowest BCUT2D eigenvalue weighted by Crippen LogP contribution is -2.20. The molecule has 13 heteroatoms. The third kappa shape index (κ3) is 4.19. The van der Waals surface area contributed by atoms with Crippen LogP contribution in [0.3, 0.4) is 0 Å². The van der Waals surface area contributed by atoms with Crippen molar-refractivity contribution < 1.29 is 8.78 Å². The molecule has 184 valence electrons. The molecule has 0 bridgehead atoms. The highest BCUT2D eigenvalue weighted by atomic mass is 35.5. The second kappa shape index (κ2) is 9.16. The molecule has 0 unspecified atom stereocenters. The van der Waals surface area contributed by atoms with Gasteiger partial charge >= 0.3 is 6.55 Å². The summed E-state index contributed by atoms with van der Waals surface area (Å²) < 4.78 is 28.7. The third-order valence-electron chi connectivity index (χ3n) is 5.98. The first-order valence-corrected chi connectivity index (χ1v) is 11.9. The first-order valence-electron chi connectivity index (χ1n) is 11.1. The Labute approximate surface area is 213 Å². The molecule has 0 radical (unpaired) electrons. The summed E-state index contributed by atoms with van der Waals surface area (Å²) in [6, 6.07) is 3.44. The van der Waals surface area contributed by atoms with Crippen LogP contribution in [0.2, 0.25) is 10.0 Å². The van der Waals surface area contributed by atoms with Gasteiger partial charge in [0, 0.05) is 24.5 Å². The SMILES string of the molecule is FC(F)n1cc(-c2cnc3c(NCc4nc5cc(Cl)c(Cl)cc5[nH]4)nc(C4=CCNCC4)cn23)cn1. The predicted octanol–water partition coefficient (Wildman–Crippen LogP) is 5.16. The summed E-state index contributed by atoms with van der Waals surface area (Å²) in [5, 5.41) is 11.3. The molecule has 6 rings (SSSR count). The molecule has 0 fully saturated rings. The number of H-pyrrole nitrogens is 1. The number of fused-ring (bicyclic) bond motifs is 2. The number of benzene rings is 1. The number of imidazole rings is 2. The van der Waals surface area contributed by atoms with Crippen LogP contribution in [0, 0.1) is 0 Å². The normalized spacial score (nSPS) is 14.2. The fraction of sp³-hybridized carbons (Fsp3) is 0.217. The highest BCUT2D eigenvalue weighted by Gasteiger charge is 2.18. The molecule has 5 aromatic rings. The van der Waals surface area contributed by atoms with Gasteiger partial charge in [-0.3, -0.25) is 4.40 Å². The Morgan fingerprint density at radius 3 is 2.75 bits per heavy atom. The van der Waals surface area contributed by atoms with Crippen LogP contribution in [0.25, 0.3) is 33.5 Å². The van der Waals surface area contributed by atoms with E-state index in [1.807, 2.05) is 10.6 Å². The Kier molecular flexibility index (Phi) is 5.82. The van der Waals surface area contributed by atoms with Crippen LogP contribution in [0.1, 0.15) is 24.5 Å². The lowest BCUT2D eigenvalue weighted by molar-refractivity contribution is 0.0566. The zero-order valence-corrected chi connectivity index (χ0v) is 20.2. The first kappa shape index (κ1) is 22.9. The van der Waals surface area contributed by atoms with E-state index in [9.17, 15) is 8.78 Å². The van der Waals surface area contributed by atoms with Crippen LogP contribution in [-0.4, -0.2) is 47.2 Å². The van der Waals surface area contributed by atoms with Crippen molar-refractivity contribution in [2.45, 2.75) is 19.5 Å². The minimum atomic E-state index is -2.72. The number of nitrogens with one attached hydrogen (secondary N) is 3.